The number of fused-ring (bicyclic) bond motifs is 1. The third kappa shape index (κ3) is 5.59. The van der Waals surface area contributed by atoms with Crippen LogP contribution in [0.15, 0.2) is 42.6 Å². The molecule has 4 heterocycles. The molecule has 2 aliphatic rings. The highest BCUT2D eigenvalue weighted by Crippen LogP contribution is 2.31. The van der Waals surface area contributed by atoms with Gasteiger partial charge in [0, 0.05) is 36.9 Å². The van der Waals surface area contributed by atoms with E-state index in [-0.39, 0.29) is 30.1 Å². The molecule has 2 aromatic heterocycles. The Kier molecular flexibility index (Phi) is 7.49. The van der Waals surface area contributed by atoms with E-state index in [4.69, 9.17) is 21.6 Å². The number of carbonyl (C=O) groups excluding carboxylic acids is 2. The van der Waals surface area contributed by atoms with Crippen molar-refractivity contribution in [3.63, 3.8) is 0 Å². The third-order valence-corrected chi connectivity index (χ3v) is 6.88. The maximum Gasteiger partial charge on any atom is 0.254 e. The number of nitrogens with zero attached hydrogens (tertiary/aromatic N) is 5. The second-order valence-corrected chi connectivity index (χ2v) is 9.71. The lowest BCUT2D eigenvalue weighted by molar-refractivity contribution is -0.122. The maximum atomic E-state index is 13.2. The summed E-state index contributed by atoms with van der Waals surface area (Å²) in [4.78, 5) is 40.5. The predicted octanol–water partition coefficient (Wildman–Crippen LogP) is 3.49. The van der Waals surface area contributed by atoms with Crippen molar-refractivity contribution in [2.45, 2.75) is 38.4 Å². The first kappa shape index (κ1) is 25.6. The number of pyridine rings is 1. The molecule has 0 aliphatic carbocycles. The van der Waals surface area contributed by atoms with Crippen LogP contribution in [0.1, 0.15) is 53.1 Å². The number of hydrogen-bond donors (Lipinski definition) is 2. The van der Waals surface area contributed by atoms with Crippen LogP contribution >= 0.6 is 11.6 Å². The van der Waals surface area contributed by atoms with Gasteiger partial charge in [0.2, 0.25) is 11.9 Å². The summed E-state index contributed by atoms with van der Waals surface area (Å²) in [5.41, 5.74) is 3.42. The van der Waals surface area contributed by atoms with Crippen LogP contribution in [-0.2, 0) is 16.1 Å². The quantitative estimate of drug-likeness (QED) is 0.473. The Morgan fingerprint density at radius 1 is 1.26 bits per heavy atom. The first-order chi connectivity index (χ1) is 18.4. The number of ether oxygens (including phenoxy) is 1. The largest absolute Gasteiger partial charge is 0.381 e. The molecule has 2 N–H and O–H groups in total. The number of anilines is 1. The minimum Gasteiger partial charge on any atom is -0.381 e. The Labute approximate surface area is 225 Å². The predicted molar refractivity (Wildman–Crippen MR) is 140 cm³/mol. The molecule has 0 bridgehead atoms. The van der Waals surface area contributed by atoms with Gasteiger partial charge in [-0.05, 0) is 43.5 Å². The Bertz CT molecular complexity index is 1420. The van der Waals surface area contributed by atoms with Crippen LogP contribution in [0, 0.1) is 11.3 Å². The average molecular weight is 532 g/mol. The van der Waals surface area contributed by atoms with Gasteiger partial charge in [-0.2, -0.15) is 5.26 Å². The molecule has 10 nitrogen and oxygen atoms in total. The number of aromatic nitrogens is 3. The van der Waals surface area contributed by atoms with Gasteiger partial charge >= 0.3 is 0 Å². The molecule has 194 valence electrons. The van der Waals surface area contributed by atoms with Gasteiger partial charge in [0.1, 0.15) is 18.3 Å². The first-order valence-corrected chi connectivity index (χ1v) is 12.7. The van der Waals surface area contributed by atoms with E-state index in [0.717, 1.165) is 18.4 Å². The van der Waals surface area contributed by atoms with E-state index in [1.807, 2.05) is 18.2 Å². The summed E-state index contributed by atoms with van der Waals surface area (Å²) in [6.45, 7) is 3.41. The first-order valence-electron chi connectivity index (χ1n) is 12.4. The Hall–Kier alpha value is -4.07. The third-order valence-electron chi connectivity index (χ3n) is 6.60. The van der Waals surface area contributed by atoms with Crippen molar-refractivity contribution < 1.29 is 14.3 Å². The van der Waals surface area contributed by atoms with Crippen LogP contribution in [-0.4, -0.2) is 57.5 Å². The Balaban J connectivity index is 1.26. The highest BCUT2D eigenvalue weighted by Gasteiger charge is 2.30. The van der Waals surface area contributed by atoms with E-state index >= 15 is 0 Å². The fraction of sp³-hybridized carbons (Fsp3) is 0.333. The Morgan fingerprint density at radius 2 is 2.08 bits per heavy atom. The molecule has 3 aromatic rings. The minimum atomic E-state index is -0.411. The topological polar surface area (TPSA) is 133 Å². The Morgan fingerprint density at radius 3 is 2.87 bits per heavy atom. The van der Waals surface area contributed by atoms with E-state index in [9.17, 15) is 9.59 Å². The van der Waals surface area contributed by atoms with Crippen LogP contribution in [0.5, 0.6) is 0 Å². The van der Waals surface area contributed by atoms with Crippen LogP contribution in [0.25, 0.3) is 11.3 Å². The molecule has 0 saturated carbocycles. The highest BCUT2D eigenvalue weighted by atomic mass is 35.5. The fourth-order valence-corrected chi connectivity index (χ4v) is 4.79. The average Bonchev–Trinajstić information content (AvgIpc) is 3.24. The number of halogens is 1. The zero-order chi connectivity index (χ0) is 26.6. The van der Waals surface area contributed by atoms with E-state index in [0.29, 0.717) is 53.2 Å². The normalized spacial score (nSPS) is 16.0. The lowest BCUT2D eigenvalue weighted by Gasteiger charge is -2.23. The van der Waals surface area contributed by atoms with Gasteiger partial charge in [-0.1, -0.05) is 29.8 Å². The van der Waals surface area contributed by atoms with Crippen LogP contribution in [0.4, 0.5) is 5.95 Å². The van der Waals surface area contributed by atoms with Gasteiger partial charge < -0.3 is 20.3 Å². The number of nitrogens with one attached hydrogen (secondary N) is 2. The molecule has 1 fully saturated rings. The summed E-state index contributed by atoms with van der Waals surface area (Å²) in [5.74, 6) is -0.0731. The van der Waals surface area contributed by atoms with Crippen molar-refractivity contribution in [3.8, 4) is 17.3 Å². The fourth-order valence-electron chi connectivity index (χ4n) is 4.59. The summed E-state index contributed by atoms with van der Waals surface area (Å²) in [6, 6.07) is 12.4. The van der Waals surface area contributed by atoms with Gasteiger partial charge in [0.25, 0.3) is 5.91 Å². The van der Waals surface area contributed by atoms with Crippen molar-refractivity contribution in [2.75, 3.05) is 25.1 Å². The van der Waals surface area contributed by atoms with Crippen molar-refractivity contribution in [3.05, 3.63) is 70.1 Å². The SMILES string of the molecule is CC(NC(=O)CN1Cc2ccc(-c3nc(NC4CCOCC4)ncc3Cl)cc2C1=O)c1cccc(C#N)n1. The van der Waals surface area contributed by atoms with Crippen molar-refractivity contribution in [1.82, 2.24) is 25.2 Å². The summed E-state index contributed by atoms with van der Waals surface area (Å²) < 4.78 is 5.41. The standard InChI is InChI=1S/C27H26ClN7O3/c1-16(23-4-2-3-20(12-29)32-23)31-24(36)15-35-14-18-6-5-17(11-21(18)26(35)37)25-22(28)13-30-27(34-25)33-19-7-9-38-10-8-19/h2-6,11,13,16,19H,7-10,14-15H2,1H3,(H,31,36)(H,30,33,34). The van der Waals surface area contributed by atoms with Gasteiger partial charge in [-0.15, -0.1) is 0 Å². The molecule has 38 heavy (non-hydrogen) atoms. The molecule has 1 aromatic carbocycles. The van der Waals surface area contributed by atoms with Crippen LogP contribution < -0.4 is 10.6 Å². The maximum absolute atomic E-state index is 13.2. The van der Waals surface area contributed by atoms with Gasteiger partial charge in [0.05, 0.1) is 28.6 Å². The number of amides is 2. The van der Waals surface area contributed by atoms with Crippen LogP contribution in [0.2, 0.25) is 5.02 Å². The monoisotopic (exact) mass is 531 g/mol. The number of hydrogen-bond acceptors (Lipinski definition) is 8. The molecule has 11 heteroatoms. The highest BCUT2D eigenvalue weighted by molar-refractivity contribution is 6.33. The molecular weight excluding hydrogens is 506 g/mol. The smallest absolute Gasteiger partial charge is 0.254 e. The number of carbonyl (C=O) groups is 2. The molecule has 5 rings (SSSR count). The van der Waals surface area contributed by atoms with E-state index in [1.165, 1.54) is 4.90 Å². The molecule has 1 unspecified atom stereocenters. The molecule has 1 atom stereocenters. The van der Waals surface area contributed by atoms with Crippen molar-refractivity contribution in [2.24, 2.45) is 0 Å². The molecule has 2 amide bonds. The molecular formula is C27H26ClN7O3. The second kappa shape index (κ2) is 11.1. The summed E-state index contributed by atoms with van der Waals surface area (Å²) in [6.07, 6.45) is 3.30. The van der Waals surface area contributed by atoms with E-state index < -0.39 is 6.04 Å². The van der Waals surface area contributed by atoms with Crippen LogP contribution in [0.3, 0.4) is 0 Å². The van der Waals surface area contributed by atoms with E-state index in [2.05, 4.69) is 25.6 Å². The van der Waals surface area contributed by atoms with Crippen molar-refractivity contribution in [1.29, 1.82) is 5.26 Å². The van der Waals surface area contributed by atoms with E-state index in [1.54, 1.807) is 37.4 Å². The summed E-state index contributed by atoms with van der Waals surface area (Å²) in [5, 5.41) is 15.6. The van der Waals surface area contributed by atoms with Gasteiger partial charge in [0.15, 0.2) is 0 Å². The minimum absolute atomic E-state index is 0.0986. The zero-order valence-electron chi connectivity index (χ0n) is 20.8. The lowest BCUT2D eigenvalue weighted by Crippen LogP contribution is -2.38. The number of rotatable bonds is 7. The van der Waals surface area contributed by atoms with Gasteiger partial charge in [-0.3, -0.25) is 9.59 Å². The zero-order valence-corrected chi connectivity index (χ0v) is 21.5. The molecule has 1 saturated heterocycles. The number of benzene rings is 1. The lowest BCUT2D eigenvalue weighted by atomic mass is 10.0. The molecule has 0 spiro atoms. The molecule has 0 radical (unpaired) electrons. The number of nitriles is 1. The van der Waals surface area contributed by atoms with Gasteiger partial charge in [-0.25, -0.2) is 15.0 Å². The molecule has 2 aliphatic heterocycles. The summed E-state index contributed by atoms with van der Waals surface area (Å²) >= 11 is 6.43. The second-order valence-electron chi connectivity index (χ2n) is 9.30. The summed E-state index contributed by atoms with van der Waals surface area (Å²) in [7, 11) is 0. The van der Waals surface area contributed by atoms with Crippen molar-refractivity contribution >= 4 is 29.4 Å².